The van der Waals surface area contributed by atoms with Crippen molar-refractivity contribution in [2.75, 3.05) is 12.4 Å². The van der Waals surface area contributed by atoms with Gasteiger partial charge in [0.05, 0.1) is 12.0 Å². The molecule has 0 spiro atoms. The maximum Gasteiger partial charge on any atom is 0.266 e. The third-order valence-electron chi connectivity index (χ3n) is 5.57. The summed E-state index contributed by atoms with van der Waals surface area (Å²) < 4.78 is 34.3. The number of anilines is 1. The lowest BCUT2D eigenvalue weighted by Crippen LogP contribution is -2.14. The molecule has 4 aromatic carbocycles. The first kappa shape index (κ1) is 25.4. The lowest BCUT2D eigenvalue weighted by molar-refractivity contribution is -0.112. The smallest absolute Gasteiger partial charge is 0.266 e. The number of benzene rings is 4. The first-order valence-electron chi connectivity index (χ1n) is 11.1. The minimum atomic E-state index is -3.85. The minimum absolute atomic E-state index is 0.0867. The summed E-state index contributed by atoms with van der Waals surface area (Å²) in [5.41, 5.74) is 1.76. The topological polar surface area (TPSA) is 132 Å². The highest BCUT2D eigenvalue weighted by molar-refractivity contribution is 7.89. The molecular formula is C28H23N3O5S. The third kappa shape index (κ3) is 6.13. The van der Waals surface area contributed by atoms with Crippen LogP contribution in [0.2, 0.25) is 0 Å². The summed E-state index contributed by atoms with van der Waals surface area (Å²) in [4.78, 5) is 12.5. The van der Waals surface area contributed by atoms with Gasteiger partial charge in [-0.2, -0.15) is 5.26 Å². The number of primary sulfonamides is 1. The zero-order valence-electron chi connectivity index (χ0n) is 19.8. The van der Waals surface area contributed by atoms with Crippen molar-refractivity contribution < 1.29 is 22.7 Å². The molecule has 0 saturated carbocycles. The van der Waals surface area contributed by atoms with Crippen molar-refractivity contribution in [3.8, 4) is 17.6 Å². The van der Waals surface area contributed by atoms with Gasteiger partial charge in [-0.15, -0.1) is 0 Å². The van der Waals surface area contributed by atoms with Crippen molar-refractivity contribution in [2.24, 2.45) is 5.14 Å². The highest BCUT2D eigenvalue weighted by Gasteiger charge is 2.13. The van der Waals surface area contributed by atoms with E-state index in [-0.39, 0.29) is 10.5 Å². The van der Waals surface area contributed by atoms with E-state index < -0.39 is 15.9 Å². The van der Waals surface area contributed by atoms with Crippen LogP contribution in [0, 0.1) is 11.3 Å². The Labute approximate surface area is 214 Å². The van der Waals surface area contributed by atoms with Gasteiger partial charge in [-0.25, -0.2) is 13.6 Å². The van der Waals surface area contributed by atoms with Crippen LogP contribution in [-0.4, -0.2) is 21.4 Å². The standard InChI is InChI=1S/C28H23N3O5S/c1-35-27-16-19(9-14-26(27)36-18-21-7-4-6-20-5-2-3-8-25(20)21)15-22(17-29)28(32)31-23-10-12-24(13-11-23)37(30,33)34/h2-16H,18H2,1H3,(H,31,32)(H2,30,33,34)/b22-15-. The molecule has 8 nitrogen and oxygen atoms in total. The van der Waals surface area contributed by atoms with Gasteiger partial charge in [-0.1, -0.05) is 48.5 Å². The van der Waals surface area contributed by atoms with Crippen LogP contribution < -0.4 is 19.9 Å². The van der Waals surface area contributed by atoms with Gasteiger partial charge in [0.25, 0.3) is 5.91 Å². The molecule has 0 heterocycles. The molecule has 0 radical (unpaired) electrons. The molecular weight excluding hydrogens is 490 g/mol. The molecule has 0 atom stereocenters. The number of carbonyl (C=O) groups is 1. The zero-order chi connectivity index (χ0) is 26.4. The van der Waals surface area contributed by atoms with E-state index in [1.807, 2.05) is 48.5 Å². The van der Waals surface area contributed by atoms with Crippen molar-refractivity contribution in [3.63, 3.8) is 0 Å². The number of nitrogens with two attached hydrogens (primary N) is 1. The Morgan fingerprint density at radius 1 is 1.00 bits per heavy atom. The molecule has 0 fully saturated rings. The maximum absolute atomic E-state index is 12.6. The average Bonchev–Trinajstić information content (AvgIpc) is 2.90. The lowest BCUT2D eigenvalue weighted by Gasteiger charge is -2.13. The molecule has 0 aliphatic rings. The van der Waals surface area contributed by atoms with E-state index in [4.69, 9.17) is 14.6 Å². The Morgan fingerprint density at radius 3 is 2.43 bits per heavy atom. The highest BCUT2D eigenvalue weighted by atomic mass is 32.2. The number of methoxy groups -OCH3 is 1. The molecule has 0 unspecified atom stereocenters. The van der Waals surface area contributed by atoms with Crippen LogP contribution in [-0.2, 0) is 21.4 Å². The molecule has 0 bridgehead atoms. The van der Waals surface area contributed by atoms with Crippen LogP contribution in [0.5, 0.6) is 11.5 Å². The van der Waals surface area contributed by atoms with E-state index in [0.717, 1.165) is 16.3 Å². The number of nitrogens with zero attached hydrogens (tertiary/aromatic N) is 1. The van der Waals surface area contributed by atoms with Gasteiger partial charge in [0.2, 0.25) is 10.0 Å². The van der Waals surface area contributed by atoms with Gasteiger partial charge in [-0.05, 0) is 64.4 Å². The quantitative estimate of drug-likeness (QED) is 0.261. The molecule has 3 N–H and O–H groups in total. The molecule has 37 heavy (non-hydrogen) atoms. The van der Waals surface area contributed by atoms with Gasteiger partial charge in [0, 0.05) is 5.69 Å². The summed E-state index contributed by atoms with van der Waals surface area (Å²) in [7, 11) is -2.34. The molecule has 0 aromatic heterocycles. The van der Waals surface area contributed by atoms with Crippen LogP contribution >= 0.6 is 0 Å². The summed E-state index contributed by atoms with van der Waals surface area (Å²) in [6.45, 7) is 0.336. The van der Waals surface area contributed by atoms with Crippen LogP contribution in [0.15, 0.2) is 95.4 Å². The van der Waals surface area contributed by atoms with Crippen molar-refractivity contribution in [1.29, 1.82) is 5.26 Å². The normalized spacial score (nSPS) is 11.5. The van der Waals surface area contributed by atoms with Gasteiger partial charge < -0.3 is 14.8 Å². The molecule has 4 rings (SSSR count). The summed E-state index contributed by atoms with van der Waals surface area (Å²) >= 11 is 0. The van der Waals surface area contributed by atoms with Crippen LogP contribution in [0.4, 0.5) is 5.69 Å². The summed E-state index contributed by atoms with van der Waals surface area (Å²) in [5.74, 6) is 0.317. The van der Waals surface area contributed by atoms with Crippen molar-refractivity contribution in [3.05, 3.63) is 102 Å². The number of hydrogen-bond acceptors (Lipinski definition) is 6. The van der Waals surface area contributed by atoms with E-state index in [2.05, 4.69) is 5.32 Å². The Balaban J connectivity index is 1.50. The number of hydrogen-bond donors (Lipinski definition) is 2. The lowest BCUT2D eigenvalue weighted by atomic mass is 10.1. The molecule has 0 aliphatic heterocycles. The number of fused-ring (bicyclic) bond motifs is 1. The minimum Gasteiger partial charge on any atom is -0.493 e. The predicted octanol–water partition coefficient (Wildman–Crippen LogP) is 4.62. The number of rotatable bonds is 8. The largest absolute Gasteiger partial charge is 0.493 e. The second kappa shape index (κ2) is 11.0. The monoisotopic (exact) mass is 513 g/mol. The average molecular weight is 514 g/mol. The number of nitriles is 1. The summed E-state index contributed by atoms with van der Waals surface area (Å²) in [6.07, 6.45) is 1.42. The molecule has 186 valence electrons. The van der Waals surface area contributed by atoms with E-state index in [1.165, 1.54) is 37.5 Å². The Kier molecular flexibility index (Phi) is 7.53. The van der Waals surface area contributed by atoms with Crippen molar-refractivity contribution in [2.45, 2.75) is 11.5 Å². The van der Waals surface area contributed by atoms with Crippen LogP contribution in [0.3, 0.4) is 0 Å². The fourth-order valence-electron chi connectivity index (χ4n) is 3.71. The van der Waals surface area contributed by atoms with Crippen LogP contribution in [0.1, 0.15) is 11.1 Å². The van der Waals surface area contributed by atoms with Crippen molar-refractivity contribution in [1.82, 2.24) is 0 Å². The SMILES string of the molecule is COc1cc(/C=C(/C#N)C(=O)Nc2ccc(S(N)(=O)=O)cc2)ccc1OCc1cccc2ccccc12. The third-order valence-corrected chi connectivity index (χ3v) is 6.50. The predicted molar refractivity (Wildman–Crippen MR) is 141 cm³/mol. The Bertz CT molecular complexity index is 1630. The summed E-state index contributed by atoms with van der Waals surface area (Å²) in [6, 6.07) is 26.4. The molecule has 4 aromatic rings. The second-order valence-corrected chi connectivity index (χ2v) is 9.59. The number of ether oxygens (including phenoxy) is 2. The van der Waals surface area contributed by atoms with E-state index in [9.17, 15) is 18.5 Å². The van der Waals surface area contributed by atoms with E-state index in [1.54, 1.807) is 18.2 Å². The fraction of sp³-hybridized carbons (Fsp3) is 0.0714. The number of carbonyl (C=O) groups excluding carboxylic acids is 1. The number of sulfonamides is 1. The first-order chi connectivity index (χ1) is 17.8. The molecule has 9 heteroatoms. The zero-order valence-corrected chi connectivity index (χ0v) is 20.7. The maximum atomic E-state index is 12.6. The van der Waals surface area contributed by atoms with Gasteiger partial charge in [0.1, 0.15) is 18.2 Å². The van der Waals surface area contributed by atoms with E-state index >= 15 is 0 Å². The molecule has 0 saturated heterocycles. The number of nitrogens with one attached hydrogen (secondary N) is 1. The first-order valence-corrected chi connectivity index (χ1v) is 12.7. The van der Waals surface area contributed by atoms with Crippen molar-refractivity contribution >= 4 is 38.5 Å². The van der Waals surface area contributed by atoms with E-state index in [0.29, 0.717) is 29.4 Å². The molecule has 1 amide bonds. The Morgan fingerprint density at radius 2 is 1.73 bits per heavy atom. The van der Waals surface area contributed by atoms with Crippen LogP contribution in [0.25, 0.3) is 16.8 Å². The summed E-state index contributed by atoms with van der Waals surface area (Å²) in [5, 5.41) is 19.4. The van der Waals surface area contributed by atoms with Gasteiger partial charge in [-0.3, -0.25) is 4.79 Å². The highest BCUT2D eigenvalue weighted by Crippen LogP contribution is 2.30. The molecule has 0 aliphatic carbocycles. The fourth-order valence-corrected chi connectivity index (χ4v) is 4.22. The van der Waals surface area contributed by atoms with Gasteiger partial charge in [0.15, 0.2) is 11.5 Å². The Hall–Kier alpha value is -4.65. The van der Waals surface area contributed by atoms with Gasteiger partial charge >= 0.3 is 0 Å². The number of amides is 1. The second-order valence-electron chi connectivity index (χ2n) is 8.03.